The van der Waals surface area contributed by atoms with E-state index in [2.05, 4.69) is 25.3 Å². The summed E-state index contributed by atoms with van der Waals surface area (Å²) in [5.74, 6) is -0.515. The third kappa shape index (κ3) is 2.52. The van der Waals surface area contributed by atoms with Gasteiger partial charge in [0.15, 0.2) is 5.13 Å². The molecule has 4 rings (SSSR count). The lowest BCUT2D eigenvalue weighted by atomic mass is 10.1. The number of thiazole rings is 1. The highest BCUT2D eigenvalue weighted by atomic mass is 32.1. The summed E-state index contributed by atoms with van der Waals surface area (Å²) < 4.78 is 0. The number of hydrogen-bond donors (Lipinski definition) is 2. The Bertz CT molecular complexity index is 939. The van der Waals surface area contributed by atoms with Gasteiger partial charge in [0.05, 0.1) is 5.92 Å². The minimum Gasteiger partial charge on any atom is -0.346 e. The molecule has 1 aliphatic rings. The number of rotatable bonds is 3. The Labute approximate surface area is 142 Å². The Morgan fingerprint density at radius 3 is 3.17 bits per heavy atom. The lowest BCUT2D eigenvalue weighted by Crippen LogP contribution is -2.25. The smallest absolute Gasteiger partial charge is 0.231 e. The Morgan fingerprint density at radius 2 is 2.38 bits per heavy atom. The molecule has 4 heterocycles. The second-order valence-electron chi connectivity index (χ2n) is 5.66. The van der Waals surface area contributed by atoms with E-state index in [1.54, 1.807) is 18.1 Å². The first-order valence-corrected chi connectivity index (χ1v) is 8.28. The normalized spacial score (nSPS) is 17.6. The monoisotopic (exact) mass is 344 g/mol. The molecule has 24 heavy (non-hydrogen) atoms. The second-order valence-corrected chi connectivity index (χ2v) is 6.52. The van der Waals surface area contributed by atoms with Crippen molar-refractivity contribution in [2.24, 2.45) is 5.92 Å². The zero-order valence-corrected chi connectivity index (χ0v) is 13.6. The average molecular weight is 344 g/mol. The van der Waals surface area contributed by atoms with E-state index >= 15 is 0 Å². The van der Waals surface area contributed by atoms with Gasteiger partial charge in [0, 0.05) is 38.4 Å². The minimum absolute atomic E-state index is 0. The summed E-state index contributed by atoms with van der Waals surface area (Å²) >= 11 is 1.33. The number of amides is 2. The number of fused-ring (bicyclic) bond motifs is 1. The van der Waals surface area contributed by atoms with Crippen LogP contribution in [-0.4, -0.2) is 50.2 Å². The molecular weight excluding hydrogens is 328 g/mol. The molecule has 0 saturated carbocycles. The maximum absolute atomic E-state index is 12.3. The summed E-state index contributed by atoms with van der Waals surface area (Å²) in [6.45, 7) is 0.443. The molecule has 3 aromatic rings. The molecule has 0 bridgehead atoms. The summed E-state index contributed by atoms with van der Waals surface area (Å²) in [4.78, 5) is 41.3. The highest BCUT2D eigenvalue weighted by Crippen LogP contribution is 2.28. The largest absolute Gasteiger partial charge is 0.346 e. The SMILES string of the molecule is CN1CC(C(=O)Nc2nc(-c3ncnc4[nH]ccc34)cs2)CC1=O.[HH]. The maximum Gasteiger partial charge on any atom is 0.231 e. The molecule has 0 spiro atoms. The van der Waals surface area contributed by atoms with Crippen LogP contribution in [0.4, 0.5) is 5.13 Å². The van der Waals surface area contributed by atoms with Crippen LogP contribution in [0, 0.1) is 5.92 Å². The van der Waals surface area contributed by atoms with Crippen LogP contribution in [0.5, 0.6) is 0 Å². The van der Waals surface area contributed by atoms with Crippen molar-refractivity contribution in [2.75, 3.05) is 18.9 Å². The number of carbonyl (C=O) groups is 2. The Kier molecular flexibility index (Phi) is 3.49. The Hall–Kier alpha value is -2.81. The number of anilines is 1. The van der Waals surface area contributed by atoms with E-state index in [1.807, 2.05) is 11.4 Å². The van der Waals surface area contributed by atoms with Crippen molar-refractivity contribution in [1.29, 1.82) is 0 Å². The van der Waals surface area contributed by atoms with Gasteiger partial charge in [-0.2, -0.15) is 0 Å². The summed E-state index contributed by atoms with van der Waals surface area (Å²) in [5, 5.41) is 6.02. The van der Waals surface area contributed by atoms with Crippen molar-refractivity contribution in [3.63, 3.8) is 0 Å². The topological polar surface area (TPSA) is 104 Å². The van der Waals surface area contributed by atoms with Crippen LogP contribution in [-0.2, 0) is 9.59 Å². The van der Waals surface area contributed by atoms with Crippen molar-refractivity contribution >= 4 is 39.3 Å². The zero-order valence-electron chi connectivity index (χ0n) is 12.8. The zero-order chi connectivity index (χ0) is 16.7. The van der Waals surface area contributed by atoms with E-state index in [4.69, 9.17) is 0 Å². The summed E-state index contributed by atoms with van der Waals surface area (Å²) in [6, 6.07) is 1.89. The lowest BCUT2D eigenvalue weighted by molar-refractivity contribution is -0.127. The molecule has 0 radical (unpaired) electrons. The van der Waals surface area contributed by atoms with Crippen molar-refractivity contribution in [2.45, 2.75) is 6.42 Å². The molecule has 9 heteroatoms. The quantitative estimate of drug-likeness (QED) is 0.753. The number of nitrogens with zero attached hydrogens (tertiary/aromatic N) is 4. The van der Waals surface area contributed by atoms with Crippen molar-refractivity contribution < 1.29 is 11.0 Å². The number of aromatic nitrogens is 4. The predicted octanol–water partition coefficient (Wildman–Crippen LogP) is 1.74. The highest BCUT2D eigenvalue weighted by Gasteiger charge is 2.32. The van der Waals surface area contributed by atoms with Crippen LogP contribution < -0.4 is 5.32 Å². The van der Waals surface area contributed by atoms with Gasteiger partial charge in [-0.05, 0) is 6.07 Å². The molecule has 8 nitrogen and oxygen atoms in total. The molecule has 2 N–H and O–H groups in total. The molecule has 0 aromatic carbocycles. The minimum atomic E-state index is -0.328. The Balaban J connectivity index is 0.00000182. The van der Waals surface area contributed by atoms with Gasteiger partial charge in [0.1, 0.15) is 23.4 Å². The molecule has 1 fully saturated rings. The van der Waals surface area contributed by atoms with Gasteiger partial charge >= 0.3 is 0 Å². The number of likely N-dealkylation sites (tertiary alicyclic amines) is 1. The van der Waals surface area contributed by atoms with E-state index in [-0.39, 0.29) is 25.6 Å². The number of H-pyrrole nitrogens is 1. The molecule has 1 atom stereocenters. The van der Waals surface area contributed by atoms with Crippen LogP contribution in [0.15, 0.2) is 24.0 Å². The third-order valence-corrected chi connectivity index (χ3v) is 4.80. The standard InChI is InChI=1S/C15H14N6O2S.H2/c1-21-5-8(4-11(21)22)14(23)20-15-19-10(6-24-15)12-9-2-3-16-13(9)18-7-17-12;/h2-3,6-8H,4-5H2,1H3,(H,16,17,18)(H,19,20,23);1H. The number of nitrogens with one attached hydrogen (secondary N) is 2. The fourth-order valence-corrected chi connectivity index (χ4v) is 3.46. The van der Waals surface area contributed by atoms with E-state index in [0.29, 0.717) is 23.1 Å². The van der Waals surface area contributed by atoms with Gasteiger partial charge < -0.3 is 15.2 Å². The molecular formula is C15H16N6O2S. The van der Waals surface area contributed by atoms with Gasteiger partial charge in [0.25, 0.3) is 0 Å². The molecule has 124 valence electrons. The van der Waals surface area contributed by atoms with Crippen LogP contribution in [0.25, 0.3) is 22.4 Å². The van der Waals surface area contributed by atoms with Gasteiger partial charge in [0.2, 0.25) is 11.8 Å². The van der Waals surface area contributed by atoms with Crippen LogP contribution in [0.3, 0.4) is 0 Å². The van der Waals surface area contributed by atoms with Crippen LogP contribution in [0.2, 0.25) is 0 Å². The van der Waals surface area contributed by atoms with Crippen molar-refractivity contribution in [3.8, 4) is 11.4 Å². The van der Waals surface area contributed by atoms with Gasteiger partial charge in [-0.3, -0.25) is 9.59 Å². The Morgan fingerprint density at radius 1 is 1.50 bits per heavy atom. The van der Waals surface area contributed by atoms with Crippen LogP contribution in [0.1, 0.15) is 7.85 Å². The van der Waals surface area contributed by atoms with Crippen molar-refractivity contribution in [3.05, 3.63) is 24.0 Å². The predicted molar refractivity (Wildman–Crippen MR) is 91.5 cm³/mol. The highest BCUT2D eigenvalue weighted by molar-refractivity contribution is 7.14. The molecule has 0 aliphatic carbocycles. The molecule has 1 aliphatic heterocycles. The van der Waals surface area contributed by atoms with Crippen LogP contribution >= 0.6 is 11.3 Å². The molecule has 2 amide bonds. The first kappa shape index (κ1) is 14.8. The van der Waals surface area contributed by atoms with Gasteiger partial charge in [-0.15, -0.1) is 11.3 Å². The maximum atomic E-state index is 12.3. The van der Waals surface area contributed by atoms with Crippen molar-refractivity contribution in [1.82, 2.24) is 24.8 Å². The third-order valence-electron chi connectivity index (χ3n) is 4.04. The fraction of sp³-hybridized carbons (Fsp3) is 0.267. The summed E-state index contributed by atoms with van der Waals surface area (Å²) in [5.41, 5.74) is 2.14. The molecule has 1 unspecified atom stereocenters. The first-order chi connectivity index (χ1) is 11.6. The van der Waals surface area contributed by atoms with Gasteiger partial charge in [-0.25, -0.2) is 15.0 Å². The van der Waals surface area contributed by atoms with E-state index in [9.17, 15) is 9.59 Å². The molecule has 1 saturated heterocycles. The number of carbonyl (C=O) groups excluding carboxylic acids is 2. The first-order valence-electron chi connectivity index (χ1n) is 7.40. The van der Waals surface area contributed by atoms with Gasteiger partial charge in [-0.1, -0.05) is 0 Å². The fourth-order valence-electron chi connectivity index (χ4n) is 2.76. The average Bonchev–Trinajstić information content (AvgIpc) is 3.28. The molecule has 3 aromatic heterocycles. The summed E-state index contributed by atoms with van der Waals surface area (Å²) in [6.07, 6.45) is 3.52. The van der Waals surface area contributed by atoms with E-state index < -0.39 is 0 Å². The van der Waals surface area contributed by atoms with E-state index in [1.165, 1.54) is 17.7 Å². The number of hydrogen-bond acceptors (Lipinski definition) is 6. The number of aromatic amines is 1. The van der Waals surface area contributed by atoms with E-state index in [0.717, 1.165) is 11.0 Å². The lowest BCUT2D eigenvalue weighted by Gasteiger charge is -2.09. The summed E-state index contributed by atoms with van der Waals surface area (Å²) in [7, 11) is 1.70. The second kappa shape index (κ2) is 5.68.